The molecule has 0 spiro atoms. The van der Waals surface area contributed by atoms with Crippen molar-refractivity contribution >= 4 is 17.9 Å². The van der Waals surface area contributed by atoms with Crippen molar-refractivity contribution < 1.29 is 23.6 Å². The fraction of sp³-hybridized carbons (Fsp3) is 0.207. The first-order valence-electron chi connectivity index (χ1n) is 11.9. The molecule has 188 valence electrons. The summed E-state index contributed by atoms with van der Waals surface area (Å²) >= 11 is 0. The number of ether oxygens (including phenoxy) is 1. The highest BCUT2D eigenvalue weighted by Crippen LogP contribution is 2.33. The number of nitrogens with zero attached hydrogens (tertiary/aromatic N) is 1. The Morgan fingerprint density at radius 1 is 1.00 bits per heavy atom. The van der Waals surface area contributed by atoms with E-state index >= 15 is 0 Å². The number of aryl methyl sites for hydroxylation is 1. The largest absolute Gasteiger partial charge is 0.441 e. The second-order valence-electron chi connectivity index (χ2n) is 8.63. The molecule has 0 radical (unpaired) electrons. The van der Waals surface area contributed by atoms with Crippen LogP contribution in [0.3, 0.4) is 0 Å². The third-order valence-corrected chi connectivity index (χ3v) is 6.22. The zero-order valence-electron chi connectivity index (χ0n) is 20.6. The van der Waals surface area contributed by atoms with Gasteiger partial charge < -0.3 is 14.6 Å². The number of benzene rings is 3. The van der Waals surface area contributed by atoms with Crippen LogP contribution < -0.4 is 10.6 Å². The summed E-state index contributed by atoms with van der Waals surface area (Å²) in [6, 6.07) is 24.4. The lowest BCUT2D eigenvalue weighted by atomic mass is 9.95. The Bertz CT molecular complexity index is 1390. The number of rotatable bonds is 5. The third-order valence-electron chi connectivity index (χ3n) is 6.22. The maximum Gasteiger partial charge on any atom is 0.412 e. The molecule has 0 saturated heterocycles. The average molecular weight is 498 g/mol. The first-order chi connectivity index (χ1) is 18.0. The summed E-state index contributed by atoms with van der Waals surface area (Å²) in [5.41, 5.74) is 7.93. The lowest BCUT2D eigenvalue weighted by molar-refractivity contribution is -0.191. The molecule has 0 saturated carbocycles. The van der Waals surface area contributed by atoms with E-state index in [9.17, 15) is 4.79 Å². The number of nitrogens with one attached hydrogen (secondary N) is 2. The van der Waals surface area contributed by atoms with Crippen LogP contribution in [0.1, 0.15) is 35.4 Å². The van der Waals surface area contributed by atoms with Crippen LogP contribution in [0.25, 0.3) is 22.5 Å². The normalized spacial score (nSPS) is 12.8. The minimum absolute atomic E-state index is 0.250. The number of amides is 1. The Morgan fingerprint density at radius 2 is 1.68 bits per heavy atom. The molecule has 1 aromatic heterocycles. The monoisotopic (exact) mass is 497 g/mol. The van der Waals surface area contributed by atoms with Crippen LogP contribution in [0, 0.1) is 6.92 Å². The molecular weight excluding hydrogens is 470 g/mol. The molecule has 1 aliphatic heterocycles. The summed E-state index contributed by atoms with van der Waals surface area (Å²) in [5, 5.41) is 10.3. The fourth-order valence-corrected chi connectivity index (χ4v) is 4.27. The number of carbonyl (C=O) groups is 1. The maximum atomic E-state index is 12.6. The zero-order valence-corrected chi connectivity index (χ0v) is 20.6. The van der Waals surface area contributed by atoms with Gasteiger partial charge >= 0.3 is 12.2 Å². The summed E-state index contributed by atoms with van der Waals surface area (Å²) in [4.78, 5) is 28.8. The van der Waals surface area contributed by atoms with Gasteiger partial charge in [-0.3, -0.25) is 5.32 Å². The minimum atomic E-state index is -0.553. The van der Waals surface area contributed by atoms with E-state index in [1.165, 1.54) is 16.7 Å². The zero-order chi connectivity index (χ0) is 26.2. The number of hydrogen-bond donors (Lipinski definition) is 2. The molecule has 0 aliphatic carbocycles. The summed E-state index contributed by atoms with van der Waals surface area (Å²) < 4.78 is 11.1. The van der Waals surface area contributed by atoms with Crippen LogP contribution in [0.4, 0.5) is 10.5 Å². The highest BCUT2D eigenvalue weighted by molar-refractivity contribution is 5.91. The molecule has 2 heterocycles. The van der Waals surface area contributed by atoms with E-state index < -0.39 is 6.09 Å². The van der Waals surface area contributed by atoms with Gasteiger partial charge in [-0.25, -0.2) is 4.79 Å². The first-order valence-corrected chi connectivity index (χ1v) is 11.9. The van der Waals surface area contributed by atoms with Crippen molar-refractivity contribution in [1.82, 2.24) is 10.5 Å². The van der Waals surface area contributed by atoms with Gasteiger partial charge in [0.25, 0.3) is 0 Å². The summed E-state index contributed by atoms with van der Waals surface area (Å²) in [5.74, 6) is 0.503. The first kappa shape index (κ1) is 25.6. The predicted molar refractivity (Wildman–Crippen MR) is 137 cm³/mol. The Hall–Kier alpha value is -4.52. The van der Waals surface area contributed by atoms with E-state index in [4.69, 9.17) is 18.8 Å². The van der Waals surface area contributed by atoms with Crippen LogP contribution in [-0.4, -0.2) is 23.9 Å². The predicted octanol–water partition coefficient (Wildman–Crippen LogP) is 5.69. The fourth-order valence-electron chi connectivity index (χ4n) is 4.27. The lowest BCUT2D eigenvalue weighted by Crippen LogP contribution is -2.23. The molecule has 1 unspecified atom stereocenters. The number of hydrogen-bond acceptors (Lipinski definition) is 7. The molecule has 0 fully saturated rings. The highest BCUT2D eigenvalue weighted by atomic mass is 16.6. The van der Waals surface area contributed by atoms with Crippen molar-refractivity contribution in [1.29, 1.82) is 0 Å². The molecule has 2 N–H and O–H groups in total. The maximum absolute atomic E-state index is 12.6. The molecule has 4 aromatic rings. The van der Waals surface area contributed by atoms with Gasteiger partial charge in [0.05, 0.1) is 0 Å². The number of anilines is 1. The molecule has 37 heavy (non-hydrogen) atoms. The van der Waals surface area contributed by atoms with Crippen LogP contribution in [0.5, 0.6) is 0 Å². The van der Waals surface area contributed by atoms with Gasteiger partial charge in [-0.15, -0.1) is 0 Å². The van der Waals surface area contributed by atoms with Crippen LogP contribution >= 0.6 is 0 Å². The molecule has 1 amide bonds. The van der Waals surface area contributed by atoms with E-state index in [0.29, 0.717) is 17.1 Å². The smallest absolute Gasteiger partial charge is 0.412 e. The van der Waals surface area contributed by atoms with E-state index in [1.807, 2.05) is 49.4 Å². The van der Waals surface area contributed by atoms with Crippen LogP contribution in [-0.2, 0) is 27.3 Å². The third kappa shape index (κ3) is 6.19. The highest BCUT2D eigenvalue weighted by Gasteiger charge is 2.20. The van der Waals surface area contributed by atoms with Gasteiger partial charge in [0.15, 0.2) is 5.76 Å². The van der Waals surface area contributed by atoms with Crippen molar-refractivity contribution in [3.63, 3.8) is 0 Å². The summed E-state index contributed by atoms with van der Waals surface area (Å²) in [6.45, 7) is 5.57. The van der Waals surface area contributed by atoms with Crippen molar-refractivity contribution in [2.24, 2.45) is 0 Å². The van der Waals surface area contributed by atoms with Gasteiger partial charge in [0.2, 0.25) is 0 Å². The van der Waals surface area contributed by atoms with Gasteiger partial charge in [-0.1, -0.05) is 71.9 Å². The summed E-state index contributed by atoms with van der Waals surface area (Å²) in [7, 11) is 0. The second kappa shape index (κ2) is 11.9. The molecule has 8 heteroatoms. The Morgan fingerprint density at radius 3 is 2.41 bits per heavy atom. The van der Waals surface area contributed by atoms with Crippen molar-refractivity contribution in [3.05, 3.63) is 95.2 Å². The van der Waals surface area contributed by atoms with Gasteiger partial charge in [-0.2, -0.15) is 9.59 Å². The van der Waals surface area contributed by atoms with Gasteiger partial charge in [0.1, 0.15) is 17.5 Å². The topological polar surface area (TPSA) is 111 Å². The molecule has 0 bridgehead atoms. The average Bonchev–Trinajstić information content (AvgIpc) is 3.29. The number of carbonyl (C=O) groups excluding carboxylic acids is 3. The van der Waals surface area contributed by atoms with E-state index in [2.05, 4.69) is 46.1 Å². The molecule has 1 atom stereocenters. The number of aromatic nitrogens is 1. The van der Waals surface area contributed by atoms with Crippen molar-refractivity contribution in [2.75, 3.05) is 11.9 Å². The minimum Gasteiger partial charge on any atom is -0.441 e. The summed E-state index contributed by atoms with van der Waals surface area (Å²) in [6.07, 6.45) is 0.390. The Balaban J connectivity index is 0.00000102. The van der Waals surface area contributed by atoms with Crippen molar-refractivity contribution in [3.8, 4) is 22.5 Å². The number of fused-ring (bicyclic) bond motifs is 1. The van der Waals surface area contributed by atoms with Crippen LogP contribution in [0.15, 0.2) is 77.3 Å². The SMILES string of the molecule is Cc1noc(-c2ccc(-c3ccc4c(c3)CNCC4)cc2)c1NC(=O)OC(C)c1ccccc1.O=C=O. The van der Waals surface area contributed by atoms with Gasteiger partial charge in [0, 0.05) is 12.1 Å². The van der Waals surface area contributed by atoms with E-state index in [-0.39, 0.29) is 12.3 Å². The second-order valence-corrected chi connectivity index (χ2v) is 8.63. The Kier molecular flexibility index (Phi) is 8.26. The standard InChI is InChI=1S/C28H27N3O3.CO2/c1-18-26(30-28(32)33-19(2)20-6-4-3-5-7-20)27(34-31-18)23-11-8-21(9-12-23)24-13-10-22-14-15-29-17-25(22)16-24;2-1-3/h3-13,16,19,29H,14-15,17H2,1-2H3,(H,30,32);. The lowest BCUT2D eigenvalue weighted by Gasteiger charge is -2.18. The van der Waals surface area contributed by atoms with Crippen molar-refractivity contribution in [2.45, 2.75) is 32.9 Å². The van der Waals surface area contributed by atoms with E-state index in [0.717, 1.165) is 36.2 Å². The van der Waals surface area contributed by atoms with E-state index in [1.54, 1.807) is 6.92 Å². The molecule has 8 nitrogen and oxygen atoms in total. The Labute approximate surface area is 214 Å². The molecule has 1 aliphatic rings. The van der Waals surface area contributed by atoms with Crippen LogP contribution in [0.2, 0.25) is 0 Å². The van der Waals surface area contributed by atoms with Gasteiger partial charge in [-0.05, 0) is 60.7 Å². The molecule has 5 rings (SSSR count). The molecule has 3 aromatic carbocycles. The quantitative estimate of drug-likeness (QED) is 0.364. The molecular formula is C29H27N3O5.